The number of halogens is 1. The maximum absolute atomic E-state index is 14.6. The predicted molar refractivity (Wildman–Crippen MR) is 117 cm³/mol. The van der Waals surface area contributed by atoms with Gasteiger partial charge in [-0.3, -0.25) is 0 Å². The predicted octanol–water partition coefficient (Wildman–Crippen LogP) is 3.72. The fourth-order valence-corrected chi connectivity index (χ4v) is 4.57. The lowest BCUT2D eigenvalue weighted by Gasteiger charge is -2.13. The molecule has 0 bridgehead atoms. The zero-order valence-corrected chi connectivity index (χ0v) is 17.8. The number of thiophene rings is 1. The van der Waals surface area contributed by atoms with E-state index >= 15 is 0 Å². The van der Waals surface area contributed by atoms with Gasteiger partial charge in [0.2, 0.25) is 0 Å². The van der Waals surface area contributed by atoms with Crippen molar-refractivity contribution in [2.75, 3.05) is 6.61 Å². The molecule has 0 fully saturated rings. The lowest BCUT2D eigenvalue weighted by Crippen LogP contribution is -2.11. The number of esters is 1. The number of hydrogen-bond acceptors (Lipinski definition) is 6. The van der Waals surface area contributed by atoms with Crippen LogP contribution in [0.5, 0.6) is 5.75 Å². The number of hydrogen-bond donors (Lipinski definition) is 2. The van der Waals surface area contributed by atoms with E-state index in [1.165, 1.54) is 17.4 Å². The summed E-state index contributed by atoms with van der Waals surface area (Å²) in [5, 5.41) is 10.9. The number of carbonyl (C=O) groups excluding carboxylic acids is 1. The van der Waals surface area contributed by atoms with Crippen LogP contribution in [0.25, 0.3) is 15.8 Å². The smallest absolute Gasteiger partial charge is 0.348 e. The molecule has 0 aliphatic carbocycles. The average Bonchev–Trinajstić information content (AvgIpc) is 3.06. The van der Waals surface area contributed by atoms with Crippen LogP contribution in [0, 0.1) is 5.82 Å². The molecule has 5 nitrogen and oxygen atoms in total. The minimum Gasteiger partial charge on any atom is -0.485 e. The van der Waals surface area contributed by atoms with Crippen LogP contribution in [-0.4, -0.2) is 17.7 Å². The summed E-state index contributed by atoms with van der Waals surface area (Å²) < 4.78 is 26.3. The molecule has 8 heteroatoms. The molecule has 3 aromatic rings. The molecule has 0 saturated heterocycles. The van der Waals surface area contributed by atoms with Crippen molar-refractivity contribution in [1.82, 2.24) is 0 Å². The van der Waals surface area contributed by atoms with E-state index in [0.717, 1.165) is 10.1 Å². The molecule has 0 radical (unpaired) electrons. The van der Waals surface area contributed by atoms with Gasteiger partial charge in [0.25, 0.3) is 0 Å². The van der Waals surface area contributed by atoms with Gasteiger partial charge in [0.05, 0.1) is 13.2 Å². The third kappa shape index (κ3) is 4.27. The first-order valence-electron chi connectivity index (χ1n) is 8.85. The van der Waals surface area contributed by atoms with Gasteiger partial charge in [0, 0.05) is 32.2 Å². The first-order valence-corrected chi connectivity index (χ1v) is 10.2. The Kier molecular flexibility index (Phi) is 6.52. The van der Waals surface area contributed by atoms with Gasteiger partial charge >= 0.3 is 5.97 Å². The second-order valence-corrected chi connectivity index (χ2v) is 7.94. The number of nitrogens with two attached hydrogens (primary N) is 1. The van der Waals surface area contributed by atoms with Gasteiger partial charge in [0.1, 0.15) is 11.5 Å². The lowest BCUT2D eigenvalue weighted by atomic mass is 10.1. The number of aliphatic hydroxyl groups is 1. The van der Waals surface area contributed by atoms with E-state index in [9.17, 15) is 14.3 Å². The Balaban J connectivity index is 2.04. The molecule has 1 heterocycles. The molecular formula is C21H21FNO4PS. The number of aliphatic hydroxyl groups excluding tert-OH is 1. The first kappa shape index (κ1) is 21.2. The average molecular weight is 433 g/mol. The van der Waals surface area contributed by atoms with Gasteiger partial charge in [-0.25, -0.2) is 9.18 Å². The van der Waals surface area contributed by atoms with Crippen molar-refractivity contribution >= 4 is 47.6 Å². The van der Waals surface area contributed by atoms with E-state index in [-0.39, 0.29) is 31.3 Å². The number of rotatable bonds is 7. The molecule has 2 aromatic carbocycles. The van der Waals surface area contributed by atoms with Gasteiger partial charge in [-0.1, -0.05) is 18.7 Å². The van der Waals surface area contributed by atoms with Crippen LogP contribution < -0.4 is 15.8 Å². The SMILES string of the molecule is C=C(N)c1cc(F)c(OCc2c(C(=O)OCC)sc3cccc(CO)c23)c(P)c1. The molecule has 0 amide bonds. The van der Waals surface area contributed by atoms with Crippen LogP contribution in [0.15, 0.2) is 36.9 Å². The summed E-state index contributed by atoms with van der Waals surface area (Å²) in [6, 6.07) is 8.35. The van der Waals surface area contributed by atoms with Gasteiger partial charge < -0.3 is 20.3 Å². The maximum atomic E-state index is 14.6. The van der Waals surface area contributed by atoms with Crippen molar-refractivity contribution in [3.63, 3.8) is 0 Å². The Morgan fingerprint density at radius 1 is 1.38 bits per heavy atom. The summed E-state index contributed by atoms with van der Waals surface area (Å²) in [6.07, 6.45) is 0. The Hall–Kier alpha value is -2.47. The van der Waals surface area contributed by atoms with E-state index in [2.05, 4.69) is 15.8 Å². The molecule has 29 heavy (non-hydrogen) atoms. The van der Waals surface area contributed by atoms with Crippen molar-refractivity contribution in [3.8, 4) is 5.75 Å². The molecule has 1 unspecified atom stereocenters. The molecule has 0 saturated carbocycles. The molecule has 3 rings (SSSR count). The van der Waals surface area contributed by atoms with Crippen molar-refractivity contribution in [1.29, 1.82) is 0 Å². The van der Waals surface area contributed by atoms with Crippen molar-refractivity contribution in [2.24, 2.45) is 5.73 Å². The third-order valence-electron chi connectivity index (χ3n) is 4.34. The first-order chi connectivity index (χ1) is 13.9. The topological polar surface area (TPSA) is 81.8 Å². The highest BCUT2D eigenvalue weighted by Crippen LogP contribution is 2.35. The molecule has 1 aromatic heterocycles. The minimum absolute atomic E-state index is 0.0376. The van der Waals surface area contributed by atoms with Crippen LogP contribution in [0.1, 0.15) is 33.3 Å². The second kappa shape index (κ2) is 8.91. The van der Waals surface area contributed by atoms with E-state index in [1.54, 1.807) is 19.1 Å². The Bertz CT molecular complexity index is 1070. The summed E-state index contributed by atoms with van der Waals surface area (Å²) in [6.45, 7) is 5.31. The van der Waals surface area contributed by atoms with Crippen molar-refractivity contribution in [3.05, 3.63) is 64.3 Å². The molecule has 0 aliphatic rings. The van der Waals surface area contributed by atoms with Crippen LogP contribution >= 0.6 is 20.6 Å². The zero-order valence-electron chi connectivity index (χ0n) is 15.8. The largest absolute Gasteiger partial charge is 0.485 e. The highest BCUT2D eigenvalue weighted by atomic mass is 32.1. The van der Waals surface area contributed by atoms with E-state index in [4.69, 9.17) is 15.2 Å². The second-order valence-electron chi connectivity index (χ2n) is 6.27. The Morgan fingerprint density at radius 2 is 2.14 bits per heavy atom. The Morgan fingerprint density at radius 3 is 2.76 bits per heavy atom. The number of ether oxygens (including phenoxy) is 2. The molecule has 3 N–H and O–H groups in total. The van der Waals surface area contributed by atoms with Crippen LogP contribution in [0.2, 0.25) is 0 Å². The standard InChI is InChI=1S/C21H21FNO4PS/c1-3-26-21(25)20-14(18-12(9-24)5-4-6-17(18)29-20)10-27-19-15(22)7-13(11(2)23)8-16(19)28/h4-8,24H,2-3,9-10,23,28H2,1H3. The normalized spacial score (nSPS) is 10.9. The molecule has 152 valence electrons. The monoisotopic (exact) mass is 433 g/mol. The van der Waals surface area contributed by atoms with Crippen LogP contribution in [0.3, 0.4) is 0 Å². The fourth-order valence-electron chi connectivity index (χ4n) is 3.02. The summed E-state index contributed by atoms with van der Waals surface area (Å²) in [7, 11) is 2.41. The van der Waals surface area contributed by atoms with E-state index < -0.39 is 11.8 Å². The van der Waals surface area contributed by atoms with E-state index in [1.807, 2.05) is 12.1 Å². The molecule has 0 aliphatic heterocycles. The minimum atomic E-state index is -0.585. The summed E-state index contributed by atoms with van der Waals surface area (Å²) in [5.41, 5.74) is 7.58. The van der Waals surface area contributed by atoms with Gasteiger partial charge in [-0.15, -0.1) is 20.6 Å². The van der Waals surface area contributed by atoms with Gasteiger partial charge in [-0.05, 0) is 30.7 Å². The summed E-state index contributed by atoms with van der Waals surface area (Å²) in [4.78, 5) is 12.8. The summed E-state index contributed by atoms with van der Waals surface area (Å²) >= 11 is 1.26. The summed E-state index contributed by atoms with van der Waals surface area (Å²) in [5.74, 6) is -1.02. The maximum Gasteiger partial charge on any atom is 0.348 e. The third-order valence-corrected chi connectivity index (χ3v) is 5.94. The van der Waals surface area contributed by atoms with Crippen LogP contribution in [0.4, 0.5) is 4.39 Å². The molecular weight excluding hydrogens is 412 g/mol. The lowest BCUT2D eigenvalue weighted by molar-refractivity contribution is 0.0529. The fraction of sp³-hybridized carbons (Fsp3) is 0.190. The van der Waals surface area contributed by atoms with Gasteiger partial charge in [0.15, 0.2) is 11.6 Å². The van der Waals surface area contributed by atoms with E-state index in [0.29, 0.717) is 26.9 Å². The highest BCUT2D eigenvalue weighted by molar-refractivity contribution is 7.27. The zero-order chi connectivity index (χ0) is 21.1. The quantitative estimate of drug-likeness (QED) is 0.439. The molecule has 1 atom stereocenters. The highest BCUT2D eigenvalue weighted by Gasteiger charge is 2.22. The molecule has 0 spiro atoms. The number of benzene rings is 2. The Labute approximate surface area is 174 Å². The van der Waals surface area contributed by atoms with Gasteiger partial charge in [-0.2, -0.15) is 0 Å². The van der Waals surface area contributed by atoms with Crippen molar-refractivity contribution < 1.29 is 23.8 Å². The van der Waals surface area contributed by atoms with Crippen LogP contribution in [-0.2, 0) is 18.0 Å². The number of fused-ring (bicyclic) bond motifs is 1. The van der Waals surface area contributed by atoms with Crippen molar-refractivity contribution in [2.45, 2.75) is 20.1 Å². The number of carbonyl (C=O) groups is 1.